The molecule has 1 aromatic carbocycles. The lowest BCUT2D eigenvalue weighted by molar-refractivity contribution is 0.111. The van der Waals surface area contributed by atoms with Crippen LogP contribution < -0.4 is 10.5 Å². The van der Waals surface area contributed by atoms with Gasteiger partial charge in [0.1, 0.15) is 12.7 Å². The molecule has 0 saturated heterocycles. The summed E-state index contributed by atoms with van der Waals surface area (Å²) in [5.41, 5.74) is 5.34. The molecule has 3 nitrogen and oxygen atoms in total. The summed E-state index contributed by atoms with van der Waals surface area (Å²) in [6.07, 6.45) is -0.881. The van der Waals surface area contributed by atoms with Gasteiger partial charge in [-0.25, -0.2) is 4.39 Å². The Labute approximate surface area is 86.5 Å². The van der Waals surface area contributed by atoms with Gasteiger partial charge in [0.2, 0.25) is 5.82 Å². The Morgan fingerprint density at radius 3 is 2.67 bits per heavy atom. The summed E-state index contributed by atoms with van der Waals surface area (Å²) < 4.78 is 31.1. The molecule has 0 bridgehead atoms. The topological polar surface area (TPSA) is 55.5 Å². The van der Waals surface area contributed by atoms with Crippen molar-refractivity contribution in [1.82, 2.24) is 0 Å². The number of benzene rings is 1. The van der Waals surface area contributed by atoms with Gasteiger partial charge < -0.3 is 15.6 Å². The fraction of sp³-hybridized carbons (Fsp3) is 0.400. The molecule has 0 spiro atoms. The van der Waals surface area contributed by atoms with E-state index in [1.165, 1.54) is 19.1 Å². The Balaban J connectivity index is 2.74. The van der Waals surface area contributed by atoms with E-state index < -0.39 is 17.7 Å². The van der Waals surface area contributed by atoms with Gasteiger partial charge in [-0.2, -0.15) is 4.39 Å². The van der Waals surface area contributed by atoms with Gasteiger partial charge in [-0.05, 0) is 18.6 Å². The molecule has 0 aliphatic heterocycles. The number of aliphatic hydroxyl groups is 1. The maximum Gasteiger partial charge on any atom is 0.200 e. The number of halogens is 2. The van der Waals surface area contributed by atoms with Crippen LogP contribution in [0.3, 0.4) is 0 Å². The maximum atomic E-state index is 13.2. The smallest absolute Gasteiger partial charge is 0.200 e. The SMILES string of the molecule is Cc1ccc(OCC(O)CN)c(F)c1F. The van der Waals surface area contributed by atoms with Crippen molar-refractivity contribution in [2.45, 2.75) is 13.0 Å². The molecule has 5 heteroatoms. The highest BCUT2D eigenvalue weighted by Crippen LogP contribution is 2.22. The van der Waals surface area contributed by atoms with Crippen molar-refractivity contribution in [3.05, 3.63) is 29.3 Å². The molecule has 15 heavy (non-hydrogen) atoms. The van der Waals surface area contributed by atoms with Crippen LogP contribution in [-0.2, 0) is 0 Å². The van der Waals surface area contributed by atoms with Crippen LogP contribution in [0.15, 0.2) is 12.1 Å². The molecule has 1 rings (SSSR count). The van der Waals surface area contributed by atoms with Crippen molar-refractivity contribution in [1.29, 1.82) is 0 Å². The standard InChI is InChI=1S/C10H13F2NO2/c1-6-2-3-8(10(12)9(6)11)15-5-7(14)4-13/h2-3,7,14H,4-5,13H2,1H3. The summed E-state index contributed by atoms with van der Waals surface area (Å²) in [4.78, 5) is 0. The predicted octanol–water partition coefficient (Wildman–Crippen LogP) is 0.972. The zero-order valence-electron chi connectivity index (χ0n) is 8.34. The molecule has 84 valence electrons. The highest BCUT2D eigenvalue weighted by atomic mass is 19.2. The summed E-state index contributed by atoms with van der Waals surface area (Å²) in [6, 6.07) is 2.72. The number of hydrogen-bond acceptors (Lipinski definition) is 3. The van der Waals surface area contributed by atoms with Crippen molar-refractivity contribution in [2.24, 2.45) is 5.73 Å². The zero-order chi connectivity index (χ0) is 11.4. The normalized spacial score (nSPS) is 12.6. The lowest BCUT2D eigenvalue weighted by Crippen LogP contribution is -2.26. The molecular formula is C10H13F2NO2. The molecule has 0 aliphatic carbocycles. The van der Waals surface area contributed by atoms with Gasteiger partial charge in [-0.15, -0.1) is 0 Å². The minimum absolute atomic E-state index is 0.00988. The number of ether oxygens (including phenoxy) is 1. The molecule has 0 saturated carbocycles. The Hall–Kier alpha value is -1.20. The predicted molar refractivity (Wildman–Crippen MR) is 51.7 cm³/mol. The molecule has 0 fully saturated rings. The van der Waals surface area contributed by atoms with E-state index in [0.29, 0.717) is 0 Å². The van der Waals surface area contributed by atoms with E-state index in [1.807, 2.05) is 0 Å². The van der Waals surface area contributed by atoms with Gasteiger partial charge in [0.15, 0.2) is 11.6 Å². The highest BCUT2D eigenvalue weighted by molar-refractivity contribution is 5.30. The average molecular weight is 217 g/mol. The Morgan fingerprint density at radius 2 is 2.07 bits per heavy atom. The third-order valence-corrected chi connectivity index (χ3v) is 1.94. The minimum Gasteiger partial charge on any atom is -0.488 e. The molecule has 0 radical (unpaired) electrons. The number of nitrogens with two attached hydrogens (primary N) is 1. The largest absolute Gasteiger partial charge is 0.488 e. The van der Waals surface area contributed by atoms with E-state index in [4.69, 9.17) is 15.6 Å². The fourth-order valence-electron chi connectivity index (χ4n) is 0.994. The third-order valence-electron chi connectivity index (χ3n) is 1.94. The quantitative estimate of drug-likeness (QED) is 0.790. The van der Waals surface area contributed by atoms with Gasteiger partial charge in [0.05, 0.1) is 0 Å². The van der Waals surface area contributed by atoms with Crippen LogP contribution in [0, 0.1) is 18.6 Å². The zero-order valence-corrected chi connectivity index (χ0v) is 8.34. The Bertz CT molecular complexity index is 344. The number of aryl methyl sites for hydroxylation is 1. The van der Waals surface area contributed by atoms with Crippen molar-refractivity contribution in [3.8, 4) is 5.75 Å². The van der Waals surface area contributed by atoms with Crippen LogP contribution in [0.2, 0.25) is 0 Å². The van der Waals surface area contributed by atoms with E-state index in [0.717, 1.165) is 0 Å². The van der Waals surface area contributed by atoms with Crippen LogP contribution >= 0.6 is 0 Å². The average Bonchev–Trinajstić information content (AvgIpc) is 2.24. The summed E-state index contributed by atoms with van der Waals surface area (Å²) in [5.74, 6) is -2.19. The van der Waals surface area contributed by atoms with Crippen molar-refractivity contribution in [2.75, 3.05) is 13.2 Å². The van der Waals surface area contributed by atoms with Gasteiger partial charge in [0.25, 0.3) is 0 Å². The first-order valence-corrected chi connectivity index (χ1v) is 4.51. The van der Waals surface area contributed by atoms with Gasteiger partial charge in [-0.3, -0.25) is 0 Å². The van der Waals surface area contributed by atoms with Gasteiger partial charge in [-0.1, -0.05) is 6.07 Å². The highest BCUT2D eigenvalue weighted by Gasteiger charge is 2.12. The first-order chi connectivity index (χ1) is 7.06. The van der Waals surface area contributed by atoms with Crippen molar-refractivity contribution in [3.63, 3.8) is 0 Å². The second kappa shape index (κ2) is 5.04. The van der Waals surface area contributed by atoms with E-state index in [2.05, 4.69) is 0 Å². The van der Waals surface area contributed by atoms with E-state index in [-0.39, 0.29) is 24.5 Å². The third kappa shape index (κ3) is 2.87. The molecule has 0 heterocycles. The summed E-state index contributed by atoms with van der Waals surface area (Å²) >= 11 is 0. The first-order valence-electron chi connectivity index (χ1n) is 4.51. The second-order valence-electron chi connectivity index (χ2n) is 3.21. The lowest BCUT2D eigenvalue weighted by Gasteiger charge is -2.11. The van der Waals surface area contributed by atoms with E-state index in [9.17, 15) is 8.78 Å². The maximum absolute atomic E-state index is 13.2. The minimum atomic E-state index is -1.04. The molecule has 1 atom stereocenters. The summed E-state index contributed by atoms with van der Waals surface area (Å²) in [6.45, 7) is 1.31. The molecule has 0 amide bonds. The first kappa shape index (κ1) is 11.9. The van der Waals surface area contributed by atoms with Crippen molar-refractivity contribution >= 4 is 0 Å². The van der Waals surface area contributed by atoms with Gasteiger partial charge >= 0.3 is 0 Å². The molecular weight excluding hydrogens is 204 g/mol. The Morgan fingerprint density at radius 1 is 1.40 bits per heavy atom. The van der Waals surface area contributed by atoms with Crippen LogP contribution in [0.25, 0.3) is 0 Å². The fourth-order valence-corrected chi connectivity index (χ4v) is 0.994. The second-order valence-corrected chi connectivity index (χ2v) is 3.21. The molecule has 0 aliphatic rings. The van der Waals surface area contributed by atoms with Crippen LogP contribution in [0.4, 0.5) is 8.78 Å². The molecule has 1 aromatic rings. The number of hydrogen-bond donors (Lipinski definition) is 2. The van der Waals surface area contributed by atoms with Gasteiger partial charge in [0, 0.05) is 6.54 Å². The molecule has 3 N–H and O–H groups in total. The summed E-state index contributed by atoms with van der Waals surface area (Å²) in [5, 5.41) is 9.07. The molecule has 1 unspecified atom stereocenters. The number of rotatable bonds is 4. The number of aliphatic hydroxyl groups excluding tert-OH is 1. The van der Waals surface area contributed by atoms with Crippen LogP contribution in [0.5, 0.6) is 5.75 Å². The van der Waals surface area contributed by atoms with Crippen LogP contribution in [-0.4, -0.2) is 24.4 Å². The summed E-state index contributed by atoms with van der Waals surface area (Å²) in [7, 11) is 0. The lowest BCUT2D eigenvalue weighted by atomic mass is 10.2. The molecule has 0 aromatic heterocycles. The van der Waals surface area contributed by atoms with E-state index in [1.54, 1.807) is 0 Å². The van der Waals surface area contributed by atoms with E-state index >= 15 is 0 Å². The van der Waals surface area contributed by atoms with Crippen molar-refractivity contribution < 1.29 is 18.6 Å². The monoisotopic (exact) mass is 217 g/mol. The Kier molecular flexibility index (Phi) is 3.99. The van der Waals surface area contributed by atoms with Crippen LogP contribution in [0.1, 0.15) is 5.56 Å².